The lowest BCUT2D eigenvalue weighted by Gasteiger charge is -2.34. The number of hydrogen-bond acceptors (Lipinski definition) is 4. The largest absolute Gasteiger partial charge is 0.323 e. The molecule has 0 aromatic rings. The average molecular weight is 274 g/mol. The van der Waals surface area contributed by atoms with Crippen molar-refractivity contribution >= 4 is 15.7 Å². The van der Waals surface area contributed by atoms with Crippen LogP contribution in [-0.4, -0.2) is 48.5 Å². The van der Waals surface area contributed by atoms with Gasteiger partial charge in [0.25, 0.3) is 0 Å². The van der Waals surface area contributed by atoms with Gasteiger partial charge in [0.15, 0.2) is 0 Å². The van der Waals surface area contributed by atoms with E-state index in [0.29, 0.717) is 12.8 Å². The van der Waals surface area contributed by atoms with Gasteiger partial charge in [0.1, 0.15) is 9.84 Å². The molecule has 5 nitrogen and oxygen atoms in total. The second-order valence-electron chi connectivity index (χ2n) is 5.60. The summed E-state index contributed by atoms with van der Waals surface area (Å²) in [4.78, 5) is 14.3. The Labute approximate surface area is 109 Å². The summed E-state index contributed by atoms with van der Waals surface area (Å²) in [7, 11) is -2.87. The topological polar surface area (TPSA) is 66.5 Å². The number of amides is 1. The van der Waals surface area contributed by atoms with E-state index in [-0.39, 0.29) is 29.6 Å². The normalized spacial score (nSPS) is 37.2. The van der Waals surface area contributed by atoms with Crippen LogP contribution in [0.5, 0.6) is 0 Å². The smallest absolute Gasteiger partial charge is 0.244 e. The van der Waals surface area contributed by atoms with E-state index in [1.807, 2.05) is 25.7 Å². The second-order valence-corrected chi connectivity index (χ2v) is 7.91. The molecular formula is C12H22N2O3S. The molecule has 2 aliphatic rings. The lowest BCUT2D eigenvalue weighted by Crippen LogP contribution is -2.47. The van der Waals surface area contributed by atoms with E-state index < -0.39 is 15.4 Å². The zero-order valence-electron chi connectivity index (χ0n) is 11.3. The van der Waals surface area contributed by atoms with E-state index >= 15 is 0 Å². The number of nitrogens with one attached hydrogen (secondary N) is 1. The van der Waals surface area contributed by atoms with Gasteiger partial charge in [-0.25, -0.2) is 8.42 Å². The highest BCUT2D eigenvalue weighted by molar-refractivity contribution is 7.91. The van der Waals surface area contributed by atoms with E-state index in [9.17, 15) is 13.2 Å². The predicted octanol–water partition coefficient (Wildman–Crippen LogP) is 0.510. The number of sulfone groups is 1. The van der Waals surface area contributed by atoms with Crippen LogP contribution in [0.15, 0.2) is 0 Å². The average Bonchev–Trinajstić information content (AvgIpc) is 2.52. The Hall–Kier alpha value is -0.620. The molecule has 2 heterocycles. The minimum Gasteiger partial charge on any atom is -0.323 e. The van der Waals surface area contributed by atoms with Crippen molar-refractivity contribution in [3.63, 3.8) is 0 Å². The molecule has 0 bridgehead atoms. The molecule has 1 N–H and O–H groups in total. The fourth-order valence-electron chi connectivity index (χ4n) is 2.94. The Morgan fingerprint density at radius 2 is 1.94 bits per heavy atom. The summed E-state index contributed by atoms with van der Waals surface area (Å²) in [5, 5.41) is 3.32. The van der Waals surface area contributed by atoms with E-state index in [4.69, 9.17) is 0 Å². The molecule has 0 aromatic heterocycles. The van der Waals surface area contributed by atoms with Gasteiger partial charge < -0.3 is 4.90 Å². The zero-order chi connectivity index (χ0) is 13.6. The van der Waals surface area contributed by atoms with Gasteiger partial charge in [0, 0.05) is 6.04 Å². The summed E-state index contributed by atoms with van der Waals surface area (Å²) < 4.78 is 22.9. The third-order valence-electron chi connectivity index (χ3n) is 4.28. The molecule has 0 spiro atoms. The van der Waals surface area contributed by atoms with Gasteiger partial charge in [-0.15, -0.1) is 0 Å². The zero-order valence-corrected chi connectivity index (χ0v) is 12.1. The molecule has 6 heteroatoms. The Bertz CT molecular complexity index is 434. The van der Waals surface area contributed by atoms with Gasteiger partial charge in [-0.2, -0.15) is 0 Å². The van der Waals surface area contributed by atoms with E-state index in [0.717, 1.165) is 6.42 Å². The Morgan fingerprint density at radius 1 is 1.39 bits per heavy atom. The van der Waals surface area contributed by atoms with E-state index in [1.165, 1.54) is 0 Å². The lowest BCUT2D eigenvalue weighted by atomic mass is 9.98. The number of hydrogen-bond donors (Lipinski definition) is 1. The molecule has 0 radical (unpaired) electrons. The van der Waals surface area contributed by atoms with Crippen molar-refractivity contribution < 1.29 is 13.2 Å². The summed E-state index contributed by atoms with van der Waals surface area (Å²) in [6, 6.07) is 0.0666. The first-order valence-electron chi connectivity index (χ1n) is 6.60. The fraction of sp³-hybridized carbons (Fsp3) is 0.917. The molecule has 2 fully saturated rings. The monoisotopic (exact) mass is 274 g/mol. The Morgan fingerprint density at radius 3 is 2.39 bits per heavy atom. The highest BCUT2D eigenvalue weighted by Crippen LogP contribution is 2.29. The summed E-state index contributed by atoms with van der Waals surface area (Å²) in [5.74, 6) is 0.524. The van der Waals surface area contributed by atoms with Crippen molar-refractivity contribution in [1.82, 2.24) is 10.2 Å². The van der Waals surface area contributed by atoms with E-state index in [1.54, 1.807) is 0 Å². The van der Waals surface area contributed by atoms with Crippen LogP contribution in [0.4, 0.5) is 0 Å². The highest BCUT2D eigenvalue weighted by Gasteiger charge is 2.48. The van der Waals surface area contributed by atoms with Crippen LogP contribution in [0, 0.1) is 0 Å². The van der Waals surface area contributed by atoms with Crippen molar-refractivity contribution in [2.45, 2.75) is 57.8 Å². The van der Waals surface area contributed by atoms with Crippen molar-refractivity contribution in [3.8, 4) is 0 Å². The maximum atomic E-state index is 12.4. The van der Waals surface area contributed by atoms with Crippen molar-refractivity contribution in [2.24, 2.45) is 0 Å². The Kier molecular flexibility index (Phi) is 3.44. The van der Waals surface area contributed by atoms with Crippen LogP contribution >= 0.6 is 0 Å². The minimum absolute atomic E-state index is 0.00625. The summed E-state index contributed by atoms with van der Waals surface area (Å²) >= 11 is 0. The van der Waals surface area contributed by atoms with Gasteiger partial charge >= 0.3 is 0 Å². The third-order valence-corrected chi connectivity index (χ3v) is 5.99. The van der Waals surface area contributed by atoms with Crippen LogP contribution in [0.25, 0.3) is 0 Å². The maximum absolute atomic E-state index is 12.4. The van der Waals surface area contributed by atoms with Gasteiger partial charge in [-0.3, -0.25) is 10.1 Å². The molecule has 2 rings (SSSR count). The van der Waals surface area contributed by atoms with Crippen molar-refractivity contribution in [2.75, 3.05) is 11.5 Å². The molecule has 2 atom stereocenters. The van der Waals surface area contributed by atoms with Crippen LogP contribution < -0.4 is 5.32 Å². The quantitative estimate of drug-likeness (QED) is 0.797. The number of rotatable bonds is 2. The first-order valence-corrected chi connectivity index (χ1v) is 8.42. The van der Waals surface area contributed by atoms with Crippen molar-refractivity contribution in [3.05, 3.63) is 0 Å². The van der Waals surface area contributed by atoms with Gasteiger partial charge in [-0.05, 0) is 33.1 Å². The molecule has 0 aliphatic carbocycles. The molecule has 1 amide bonds. The molecule has 2 unspecified atom stereocenters. The van der Waals surface area contributed by atoms with Crippen LogP contribution in [0.1, 0.15) is 40.0 Å². The fourth-order valence-corrected chi connectivity index (χ4v) is 4.41. The van der Waals surface area contributed by atoms with Gasteiger partial charge in [0.05, 0.1) is 23.2 Å². The SMILES string of the molecule is CCC1(C)NC(C)N(C2CCS(=O)(=O)CC2)C1=O. The molecule has 104 valence electrons. The summed E-state index contributed by atoms with van der Waals surface area (Å²) in [6.07, 6.45) is 1.88. The predicted molar refractivity (Wildman–Crippen MR) is 69.8 cm³/mol. The van der Waals surface area contributed by atoms with Gasteiger partial charge in [-0.1, -0.05) is 6.92 Å². The number of carbonyl (C=O) groups is 1. The molecular weight excluding hydrogens is 252 g/mol. The first-order chi connectivity index (χ1) is 8.29. The highest BCUT2D eigenvalue weighted by atomic mass is 32.2. The van der Waals surface area contributed by atoms with Gasteiger partial charge in [0.2, 0.25) is 5.91 Å². The summed E-state index contributed by atoms with van der Waals surface area (Å²) in [5.41, 5.74) is -0.490. The molecule has 2 saturated heterocycles. The lowest BCUT2D eigenvalue weighted by molar-refractivity contribution is -0.135. The molecule has 0 aromatic carbocycles. The first kappa shape index (κ1) is 13.8. The van der Waals surface area contributed by atoms with Crippen LogP contribution in [0.3, 0.4) is 0 Å². The third kappa shape index (κ3) is 2.28. The van der Waals surface area contributed by atoms with Crippen LogP contribution in [0.2, 0.25) is 0 Å². The minimum atomic E-state index is -2.87. The van der Waals surface area contributed by atoms with Crippen molar-refractivity contribution in [1.29, 1.82) is 0 Å². The Balaban J connectivity index is 2.13. The second kappa shape index (κ2) is 4.49. The van der Waals surface area contributed by atoms with Crippen LogP contribution in [-0.2, 0) is 14.6 Å². The molecule has 2 aliphatic heterocycles. The van der Waals surface area contributed by atoms with E-state index in [2.05, 4.69) is 5.32 Å². The number of carbonyl (C=O) groups excluding carboxylic acids is 1. The molecule has 18 heavy (non-hydrogen) atoms. The number of nitrogens with zero attached hydrogens (tertiary/aromatic N) is 1. The molecule has 0 saturated carbocycles. The standard InChI is InChI=1S/C12H22N2O3S/c1-4-12(3)11(15)14(9(2)13-12)10-5-7-18(16,17)8-6-10/h9-10,13H,4-8H2,1-3H3. The summed E-state index contributed by atoms with van der Waals surface area (Å²) in [6.45, 7) is 5.89. The maximum Gasteiger partial charge on any atom is 0.244 e.